The molecule has 0 spiro atoms. The zero-order chi connectivity index (χ0) is 41.7. The van der Waals surface area contributed by atoms with Crippen LogP contribution in [0.1, 0.15) is 259 Å². The second-order valence-corrected chi connectivity index (χ2v) is 17.6. The van der Waals surface area contributed by atoms with Crippen molar-refractivity contribution in [3.8, 4) is 0 Å². The van der Waals surface area contributed by atoms with Crippen LogP contribution in [0, 0.1) is 18.3 Å². The van der Waals surface area contributed by atoms with Crippen molar-refractivity contribution in [3.05, 3.63) is 6.42 Å². The Kier molecular flexibility index (Phi) is 50.5. The van der Waals surface area contributed by atoms with E-state index >= 15 is 0 Å². The maximum Gasteiger partial charge on any atom is 1.00 e. The van der Waals surface area contributed by atoms with Gasteiger partial charge in [-0.05, 0) is 89.1 Å². The second kappa shape index (κ2) is 49.2. The average molecular weight is 998 g/mol. The normalized spacial score (nSPS) is 12.4. The molecule has 0 heterocycles. The summed E-state index contributed by atoms with van der Waals surface area (Å²) in [6.45, 7) is 13.6. The van der Waals surface area contributed by atoms with Crippen molar-refractivity contribution in [2.75, 3.05) is 39.5 Å². The molecule has 0 bridgehead atoms. The quantitative estimate of drug-likeness (QED) is 0.0372. The Morgan fingerprint density at radius 2 is 0.828 bits per heavy atom. The first-order valence-electron chi connectivity index (χ1n) is 25.5. The summed E-state index contributed by atoms with van der Waals surface area (Å²) in [6, 6.07) is 0. The van der Waals surface area contributed by atoms with Gasteiger partial charge in [-0.1, -0.05) is 175 Å². The topological polar surface area (TPSA) is 76.1 Å². The first kappa shape index (κ1) is 59.6. The Bertz CT molecular complexity index is 769. The van der Waals surface area contributed by atoms with E-state index in [4.69, 9.17) is 9.47 Å². The number of carbonyl (C=O) groups excluding carboxylic acids is 2. The number of nitrogens with zero attached hydrogens (tertiary/aromatic N) is 1. The smallest absolute Gasteiger partial charge is 0.466 e. The molecule has 1 N–H and O–H groups in total. The Labute approximate surface area is 375 Å². The van der Waals surface area contributed by atoms with Gasteiger partial charge in [-0.15, -0.1) is 6.54 Å². The molecular formula is C51H100NO5Os. The van der Waals surface area contributed by atoms with Gasteiger partial charge in [0.05, 0.1) is 13.2 Å². The number of unbranched alkanes of at least 4 members (excludes halogenated alkanes) is 20. The van der Waals surface area contributed by atoms with Gasteiger partial charge < -0.3 is 25.9 Å². The van der Waals surface area contributed by atoms with Gasteiger partial charge in [-0.3, -0.25) is 9.59 Å². The third kappa shape index (κ3) is 43.6. The van der Waals surface area contributed by atoms with Crippen molar-refractivity contribution in [1.29, 1.82) is 0 Å². The summed E-state index contributed by atoms with van der Waals surface area (Å²) in [6.07, 6.45) is 45.0. The molecule has 0 fully saturated rings. The number of rotatable bonds is 47. The summed E-state index contributed by atoms with van der Waals surface area (Å²) in [5.74, 6) is 1.54. The van der Waals surface area contributed by atoms with Crippen LogP contribution in [0.5, 0.6) is 0 Å². The van der Waals surface area contributed by atoms with Crippen LogP contribution in [-0.4, -0.2) is 61.4 Å². The van der Waals surface area contributed by atoms with E-state index < -0.39 is 0 Å². The van der Waals surface area contributed by atoms with Gasteiger partial charge in [0.1, 0.15) is 0 Å². The van der Waals surface area contributed by atoms with Crippen molar-refractivity contribution in [2.24, 2.45) is 11.8 Å². The van der Waals surface area contributed by atoms with Crippen LogP contribution >= 0.6 is 0 Å². The third-order valence-corrected chi connectivity index (χ3v) is 12.1. The maximum atomic E-state index is 12.4. The minimum atomic E-state index is -0.0123. The van der Waals surface area contributed by atoms with Gasteiger partial charge in [-0.25, -0.2) is 0 Å². The van der Waals surface area contributed by atoms with Crippen LogP contribution in [0.2, 0.25) is 0 Å². The van der Waals surface area contributed by atoms with E-state index in [-0.39, 0.29) is 38.3 Å². The summed E-state index contributed by atoms with van der Waals surface area (Å²) in [7, 11) is 0. The van der Waals surface area contributed by atoms with Crippen LogP contribution in [0.4, 0.5) is 0 Å². The predicted octanol–water partition coefficient (Wildman–Crippen LogP) is 14.9. The van der Waals surface area contributed by atoms with Crippen molar-refractivity contribution >= 4 is 11.9 Å². The fourth-order valence-electron chi connectivity index (χ4n) is 8.27. The number of hydrogen-bond acceptors (Lipinski definition) is 6. The van der Waals surface area contributed by atoms with Crippen molar-refractivity contribution in [2.45, 2.75) is 259 Å². The first-order chi connectivity index (χ1) is 28.0. The van der Waals surface area contributed by atoms with Gasteiger partial charge in [0.2, 0.25) is 0 Å². The predicted molar refractivity (Wildman–Crippen MR) is 246 cm³/mol. The Morgan fingerprint density at radius 3 is 1.29 bits per heavy atom. The molecule has 0 aliphatic carbocycles. The minimum absolute atomic E-state index is 0. The standard InChI is InChI=1S/C51H100NO5.Os/c1-5-9-13-15-24-36-48(34-22-11-7-3)38-32-40-50(54)56-46-30-19-17-26-42-52(44-28-21-29-45-53)43-27-18-20-31-47-57-51(55)41-33-39-49(35-23-12-8-4)37-25-16-14-10-6-2;/h26,48-49,53H,5-25,27-47H2,1-4H3;/q-1;+1. The summed E-state index contributed by atoms with van der Waals surface area (Å²) in [4.78, 5) is 27.4. The molecule has 0 aliphatic rings. The molecule has 0 aromatic rings. The summed E-state index contributed by atoms with van der Waals surface area (Å²) in [5, 5.41) is 9.21. The summed E-state index contributed by atoms with van der Waals surface area (Å²) < 4.78 is 11.2. The molecule has 2 atom stereocenters. The van der Waals surface area contributed by atoms with Crippen LogP contribution in [0.25, 0.3) is 0 Å². The van der Waals surface area contributed by atoms with Crippen LogP contribution in [-0.2, 0) is 38.9 Å². The van der Waals surface area contributed by atoms with Crippen molar-refractivity contribution in [1.82, 2.24) is 4.90 Å². The van der Waals surface area contributed by atoms with Gasteiger partial charge in [0, 0.05) is 19.4 Å². The third-order valence-electron chi connectivity index (χ3n) is 12.1. The number of hydrogen-bond donors (Lipinski definition) is 1. The Hall–Kier alpha value is -0.504. The van der Waals surface area contributed by atoms with Crippen LogP contribution in [0.3, 0.4) is 0 Å². The summed E-state index contributed by atoms with van der Waals surface area (Å²) in [5.41, 5.74) is 0. The van der Waals surface area contributed by atoms with Gasteiger partial charge in [-0.2, -0.15) is 6.42 Å². The molecule has 7 heteroatoms. The molecule has 0 aromatic heterocycles. The molecule has 2 unspecified atom stereocenters. The zero-order valence-electron chi connectivity index (χ0n) is 39.3. The minimum Gasteiger partial charge on any atom is -0.466 e. The monoisotopic (exact) mass is 999 g/mol. The molecule has 0 saturated heterocycles. The number of aliphatic hydroxyl groups is 1. The second-order valence-electron chi connectivity index (χ2n) is 17.6. The van der Waals surface area contributed by atoms with Crippen molar-refractivity contribution < 1.29 is 44.0 Å². The van der Waals surface area contributed by atoms with E-state index in [0.717, 1.165) is 109 Å². The first-order valence-corrected chi connectivity index (χ1v) is 25.5. The number of carbonyl (C=O) groups is 2. The molecule has 0 rings (SSSR count). The van der Waals surface area contributed by atoms with E-state index in [1.165, 1.54) is 141 Å². The molecule has 347 valence electrons. The van der Waals surface area contributed by atoms with Crippen molar-refractivity contribution in [3.63, 3.8) is 0 Å². The van der Waals surface area contributed by atoms with E-state index in [9.17, 15) is 14.7 Å². The largest absolute Gasteiger partial charge is 1.00 e. The SMILES string of the molecule is CCCCCCCC(CCCCC)CCCC(=O)OCCCC[CH-]CN(CCCCCO)CCCCCCOC(=O)CCCC(CCCCC)CCCCCCC.[Os+]. The van der Waals surface area contributed by atoms with E-state index in [0.29, 0.717) is 26.1 Å². The van der Waals surface area contributed by atoms with Gasteiger partial charge in [0.25, 0.3) is 0 Å². The maximum absolute atomic E-state index is 12.4. The molecule has 58 heavy (non-hydrogen) atoms. The Balaban J connectivity index is 0. The number of esters is 2. The van der Waals surface area contributed by atoms with Gasteiger partial charge in [0.15, 0.2) is 0 Å². The van der Waals surface area contributed by atoms with E-state index in [1.807, 2.05) is 0 Å². The zero-order valence-corrected chi connectivity index (χ0v) is 41.9. The fraction of sp³-hybridized carbons (Fsp3) is 0.941. The van der Waals surface area contributed by atoms with Crippen LogP contribution in [0.15, 0.2) is 0 Å². The average Bonchev–Trinajstić information content (AvgIpc) is 3.20. The molecule has 0 amide bonds. The summed E-state index contributed by atoms with van der Waals surface area (Å²) >= 11 is 0. The number of ether oxygens (including phenoxy) is 2. The van der Waals surface area contributed by atoms with Gasteiger partial charge >= 0.3 is 31.7 Å². The number of aliphatic hydroxyl groups excluding tert-OH is 1. The Morgan fingerprint density at radius 1 is 0.466 bits per heavy atom. The molecule has 0 aromatic carbocycles. The van der Waals surface area contributed by atoms with E-state index in [2.05, 4.69) is 39.0 Å². The molecular weight excluding hydrogens is 897 g/mol. The van der Waals surface area contributed by atoms with E-state index in [1.54, 1.807) is 0 Å². The molecule has 1 radical (unpaired) electrons. The fourth-order valence-corrected chi connectivity index (χ4v) is 8.27. The molecule has 0 saturated carbocycles. The molecule has 6 nitrogen and oxygen atoms in total. The van der Waals surface area contributed by atoms with Crippen LogP contribution < -0.4 is 0 Å². The molecule has 0 aliphatic heterocycles.